The Morgan fingerprint density at radius 3 is 2.81 bits per heavy atom. The Bertz CT molecular complexity index is 601. The molecule has 26 heavy (non-hydrogen) atoms. The SMILES string of the molecule is CC(C)(C)OC(=O)N1CCC[C@H](C(=O)N[C@@H](CO)Cc2ccccn2)C1. The van der Waals surface area contributed by atoms with Crippen molar-refractivity contribution in [3.63, 3.8) is 0 Å². The van der Waals surface area contributed by atoms with Crippen molar-refractivity contribution in [2.24, 2.45) is 5.92 Å². The largest absolute Gasteiger partial charge is 0.444 e. The number of rotatable bonds is 5. The van der Waals surface area contributed by atoms with Crippen LogP contribution in [0.1, 0.15) is 39.3 Å². The molecule has 7 heteroatoms. The van der Waals surface area contributed by atoms with E-state index in [4.69, 9.17) is 4.74 Å². The van der Waals surface area contributed by atoms with Crippen LogP contribution in [-0.2, 0) is 16.0 Å². The lowest BCUT2D eigenvalue weighted by atomic mass is 9.96. The Kier molecular flexibility index (Phi) is 6.97. The van der Waals surface area contributed by atoms with E-state index < -0.39 is 11.6 Å². The second-order valence-electron chi connectivity index (χ2n) is 7.68. The molecule has 1 aromatic rings. The summed E-state index contributed by atoms with van der Waals surface area (Å²) in [5.41, 5.74) is 0.252. The highest BCUT2D eigenvalue weighted by atomic mass is 16.6. The molecule has 2 atom stereocenters. The Morgan fingerprint density at radius 1 is 1.42 bits per heavy atom. The number of pyridine rings is 1. The van der Waals surface area contributed by atoms with Crippen molar-refractivity contribution in [1.82, 2.24) is 15.2 Å². The third kappa shape index (κ3) is 6.29. The van der Waals surface area contributed by atoms with E-state index in [-0.39, 0.29) is 24.5 Å². The zero-order valence-electron chi connectivity index (χ0n) is 15.8. The van der Waals surface area contributed by atoms with Gasteiger partial charge < -0.3 is 20.1 Å². The maximum absolute atomic E-state index is 12.6. The molecule has 0 bridgehead atoms. The minimum atomic E-state index is -0.559. The van der Waals surface area contributed by atoms with Gasteiger partial charge >= 0.3 is 6.09 Å². The van der Waals surface area contributed by atoms with Crippen molar-refractivity contribution in [3.8, 4) is 0 Å². The number of hydrogen-bond acceptors (Lipinski definition) is 5. The number of aromatic nitrogens is 1. The Morgan fingerprint density at radius 2 is 2.19 bits per heavy atom. The summed E-state index contributed by atoms with van der Waals surface area (Å²) in [4.78, 5) is 30.6. The van der Waals surface area contributed by atoms with E-state index in [0.717, 1.165) is 12.1 Å². The molecule has 2 N–H and O–H groups in total. The molecular formula is C19H29N3O4. The fraction of sp³-hybridized carbons (Fsp3) is 0.632. The molecule has 2 amide bonds. The van der Waals surface area contributed by atoms with E-state index in [1.54, 1.807) is 11.1 Å². The number of piperidine rings is 1. The number of carbonyl (C=O) groups is 2. The predicted molar refractivity (Wildman–Crippen MR) is 97.5 cm³/mol. The van der Waals surface area contributed by atoms with Crippen LogP contribution in [0, 0.1) is 5.92 Å². The molecule has 2 rings (SSSR count). The van der Waals surface area contributed by atoms with E-state index >= 15 is 0 Å². The molecule has 144 valence electrons. The third-order valence-electron chi connectivity index (χ3n) is 4.19. The van der Waals surface area contributed by atoms with Gasteiger partial charge in [0, 0.05) is 31.4 Å². The summed E-state index contributed by atoms with van der Waals surface area (Å²) < 4.78 is 5.39. The number of nitrogens with zero attached hydrogens (tertiary/aromatic N) is 2. The Hall–Kier alpha value is -2.15. The summed E-state index contributed by atoms with van der Waals surface area (Å²) in [5.74, 6) is -0.442. The van der Waals surface area contributed by atoms with Gasteiger partial charge in [0.2, 0.25) is 5.91 Å². The predicted octanol–water partition coefficient (Wildman–Crippen LogP) is 1.75. The van der Waals surface area contributed by atoms with Crippen LogP contribution in [0.2, 0.25) is 0 Å². The normalized spacial score (nSPS) is 18.9. The first-order valence-electron chi connectivity index (χ1n) is 9.07. The van der Waals surface area contributed by atoms with E-state index in [0.29, 0.717) is 25.9 Å². The summed E-state index contributed by atoms with van der Waals surface area (Å²) in [7, 11) is 0. The zero-order valence-corrected chi connectivity index (χ0v) is 15.8. The minimum Gasteiger partial charge on any atom is -0.444 e. The van der Waals surface area contributed by atoms with Gasteiger partial charge in [0.15, 0.2) is 0 Å². The molecule has 2 heterocycles. The number of aliphatic hydroxyl groups is 1. The molecule has 0 saturated carbocycles. The third-order valence-corrected chi connectivity index (χ3v) is 4.19. The van der Waals surface area contributed by atoms with Crippen molar-refractivity contribution in [3.05, 3.63) is 30.1 Å². The second kappa shape index (κ2) is 8.98. The topological polar surface area (TPSA) is 91.8 Å². The lowest BCUT2D eigenvalue weighted by Crippen LogP contribution is -2.49. The number of ether oxygens (including phenoxy) is 1. The summed E-state index contributed by atoms with van der Waals surface area (Å²) in [6.45, 7) is 6.23. The molecule has 0 radical (unpaired) electrons. The highest BCUT2D eigenvalue weighted by molar-refractivity contribution is 5.80. The number of nitrogens with one attached hydrogen (secondary N) is 1. The average Bonchev–Trinajstić information content (AvgIpc) is 2.60. The molecule has 7 nitrogen and oxygen atoms in total. The maximum Gasteiger partial charge on any atom is 0.410 e. The molecule has 1 aliphatic heterocycles. The van der Waals surface area contributed by atoms with E-state index in [2.05, 4.69) is 10.3 Å². The van der Waals surface area contributed by atoms with Crippen LogP contribution in [0.15, 0.2) is 24.4 Å². The van der Waals surface area contributed by atoms with Crippen LogP contribution < -0.4 is 5.32 Å². The molecule has 0 aromatic carbocycles. The molecule has 1 saturated heterocycles. The van der Waals surface area contributed by atoms with E-state index in [9.17, 15) is 14.7 Å². The van der Waals surface area contributed by atoms with Crippen molar-refractivity contribution in [2.45, 2.75) is 51.7 Å². The van der Waals surface area contributed by atoms with Crippen molar-refractivity contribution < 1.29 is 19.4 Å². The average molecular weight is 363 g/mol. The highest BCUT2D eigenvalue weighted by Gasteiger charge is 2.31. The van der Waals surface area contributed by atoms with E-state index in [1.165, 1.54) is 0 Å². The summed E-state index contributed by atoms with van der Waals surface area (Å²) in [6.07, 6.45) is 3.23. The van der Waals surface area contributed by atoms with Crippen LogP contribution in [-0.4, -0.2) is 58.3 Å². The highest BCUT2D eigenvalue weighted by Crippen LogP contribution is 2.20. The number of hydrogen-bond donors (Lipinski definition) is 2. The number of carbonyl (C=O) groups excluding carboxylic acids is 2. The van der Waals surface area contributed by atoms with Gasteiger partial charge in [-0.1, -0.05) is 6.07 Å². The van der Waals surface area contributed by atoms with Crippen LogP contribution in [0.3, 0.4) is 0 Å². The van der Waals surface area contributed by atoms with Crippen molar-refractivity contribution in [2.75, 3.05) is 19.7 Å². The summed E-state index contributed by atoms with van der Waals surface area (Å²) >= 11 is 0. The van der Waals surface area contributed by atoms with Crippen LogP contribution in [0.5, 0.6) is 0 Å². The number of amides is 2. The van der Waals surface area contributed by atoms with Crippen molar-refractivity contribution >= 4 is 12.0 Å². The van der Waals surface area contributed by atoms with E-state index in [1.807, 2.05) is 39.0 Å². The van der Waals surface area contributed by atoms with Crippen LogP contribution >= 0.6 is 0 Å². The van der Waals surface area contributed by atoms with Gasteiger partial charge in [-0.2, -0.15) is 0 Å². The van der Waals surface area contributed by atoms with Gasteiger partial charge in [-0.25, -0.2) is 4.79 Å². The molecule has 1 aliphatic rings. The fourth-order valence-corrected chi connectivity index (χ4v) is 2.94. The van der Waals surface area contributed by atoms with Gasteiger partial charge in [-0.3, -0.25) is 9.78 Å². The lowest BCUT2D eigenvalue weighted by molar-refractivity contribution is -0.127. The first-order valence-corrected chi connectivity index (χ1v) is 9.07. The minimum absolute atomic E-state index is 0.145. The molecule has 0 aliphatic carbocycles. The molecule has 1 aromatic heterocycles. The van der Waals surface area contributed by atoms with Gasteiger partial charge in [0.1, 0.15) is 5.60 Å². The van der Waals surface area contributed by atoms with Gasteiger partial charge in [-0.05, 0) is 45.7 Å². The molecule has 1 fully saturated rings. The fourth-order valence-electron chi connectivity index (χ4n) is 2.94. The smallest absolute Gasteiger partial charge is 0.410 e. The first-order chi connectivity index (χ1) is 12.3. The van der Waals surface area contributed by atoms with Gasteiger partial charge in [-0.15, -0.1) is 0 Å². The van der Waals surface area contributed by atoms with Gasteiger partial charge in [0.05, 0.1) is 18.6 Å². The molecular weight excluding hydrogens is 334 g/mol. The first kappa shape index (κ1) is 20.2. The van der Waals surface area contributed by atoms with Crippen molar-refractivity contribution in [1.29, 1.82) is 0 Å². The monoisotopic (exact) mass is 363 g/mol. The Balaban J connectivity index is 1.90. The number of aliphatic hydroxyl groups excluding tert-OH is 1. The standard InChI is InChI=1S/C19H29N3O4/c1-19(2,3)26-18(25)22-10-6-7-14(12-22)17(24)21-16(13-23)11-15-8-4-5-9-20-15/h4-5,8-9,14,16,23H,6-7,10-13H2,1-3H3,(H,21,24)/t14-,16+/m0/s1. The lowest BCUT2D eigenvalue weighted by Gasteiger charge is -2.34. The Labute approximate surface area is 154 Å². The second-order valence-corrected chi connectivity index (χ2v) is 7.68. The van der Waals surface area contributed by atoms with Crippen LogP contribution in [0.25, 0.3) is 0 Å². The molecule has 0 unspecified atom stereocenters. The number of likely N-dealkylation sites (tertiary alicyclic amines) is 1. The summed E-state index contributed by atoms with van der Waals surface area (Å²) in [6, 6.07) is 5.16. The quantitative estimate of drug-likeness (QED) is 0.831. The molecule has 0 spiro atoms. The zero-order chi connectivity index (χ0) is 19.2. The van der Waals surface area contributed by atoms with Gasteiger partial charge in [0.25, 0.3) is 0 Å². The van der Waals surface area contributed by atoms with Crippen LogP contribution in [0.4, 0.5) is 4.79 Å². The summed E-state index contributed by atoms with van der Waals surface area (Å²) in [5, 5.41) is 12.5. The maximum atomic E-state index is 12.6.